The molecule has 0 unspecified atom stereocenters. The van der Waals surface area contributed by atoms with Gasteiger partial charge in [0.05, 0.1) is 0 Å². The van der Waals surface area contributed by atoms with Crippen LogP contribution in [0.25, 0.3) is 0 Å². The van der Waals surface area contributed by atoms with Crippen molar-refractivity contribution in [3.8, 4) is 0 Å². The largest absolute Gasteiger partial charge is 0.409 e. The molecule has 1 aromatic rings. The number of nitrogens with zero attached hydrogens (tertiary/aromatic N) is 5. The summed E-state index contributed by atoms with van der Waals surface area (Å²) in [5.41, 5.74) is 5.96. The molecular formula is C12H22N6O. The van der Waals surface area contributed by atoms with Crippen molar-refractivity contribution < 1.29 is 5.21 Å². The van der Waals surface area contributed by atoms with Crippen LogP contribution in [0.15, 0.2) is 17.4 Å². The van der Waals surface area contributed by atoms with E-state index in [0.29, 0.717) is 11.6 Å². The van der Waals surface area contributed by atoms with Crippen LogP contribution in [0.5, 0.6) is 0 Å². The number of oxime groups is 1. The van der Waals surface area contributed by atoms with Gasteiger partial charge in [0, 0.05) is 19.3 Å². The third-order valence-electron chi connectivity index (χ3n) is 2.71. The fourth-order valence-corrected chi connectivity index (χ4v) is 1.67. The molecule has 0 spiro atoms. The number of anilines is 1. The zero-order valence-corrected chi connectivity index (χ0v) is 11.7. The second kappa shape index (κ2) is 7.52. The minimum absolute atomic E-state index is 0.00649. The monoisotopic (exact) mass is 266 g/mol. The first-order chi connectivity index (χ1) is 9.08. The predicted octanol–water partition coefficient (Wildman–Crippen LogP) is 0.349. The van der Waals surface area contributed by atoms with Crippen molar-refractivity contribution in [2.75, 3.05) is 38.6 Å². The molecular weight excluding hydrogens is 244 g/mol. The lowest BCUT2D eigenvalue weighted by molar-refractivity contribution is 0.318. The van der Waals surface area contributed by atoms with Crippen LogP contribution in [0.4, 0.5) is 5.95 Å². The highest BCUT2D eigenvalue weighted by Crippen LogP contribution is 2.08. The van der Waals surface area contributed by atoms with Crippen LogP contribution in [-0.2, 0) is 0 Å². The molecule has 0 bridgehead atoms. The van der Waals surface area contributed by atoms with Gasteiger partial charge in [-0.15, -0.1) is 0 Å². The maximum absolute atomic E-state index is 8.66. The molecule has 0 atom stereocenters. The number of rotatable bonds is 7. The van der Waals surface area contributed by atoms with E-state index in [9.17, 15) is 0 Å². The molecule has 0 aromatic carbocycles. The molecule has 0 saturated heterocycles. The molecule has 1 aromatic heterocycles. The van der Waals surface area contributed by atoms with Crippen molar-refractivity contribution in [2.24, 2.45) is 10.9 Å². The molecule has 106 valence electrons. The fourth-order valence-electron chi connectivity index (χ4n) is 1.67. The van der Waals surface area contributed by atoms with Crippen LogP contribution in [0.2, 0.25) is 0 Å². The average Bonchev–Trinajstić information content (AvgIpc) is 2.42. The lowest BCUT2D eigenvalue weighted by Gasteiger charge is -2.21. The number of hydrogen-bond donors (Lipinski definition) is 2. The Hall–Kier alpha value is -1.89. The van der Waals surface area contributed by atoms with E-state index in [-0.39, 0.29) is 5.84 Å². The number of aromatic nitrogens is 2. The van der Waals surface area contributed by atoms with E-state index >= 15 is 0 Å². The van der Waals surface area contributed by atoms with Crippen molar-refractivity contribution in [3.63, 3.8) is 0 Å². The number of amidine groups is 1. The summed E-state index contributed by atoms with van der Waals surface area (Å²) in [5.74, 6) is 0.596. The topological polar surface area (TPSA) is 90.9 Å². The van der Waals surface area contributed by atoms with Gasteiger partial charge >= 0.3 is 0 Å². The Morgan fingerprint density at radius 3 is 2.74 bits per heavy atom. The Morgan fingerprint density at radius 1 is 1.42 bits per heavy atom. The number of hydrogen-bond acceptors (Lipinski definition) is 6. The molecule has 7 heteroatoms. The fraction of sp³-hybridized carbons (Fsp3) is 0.583. The van der Waals surface area contributed by atoms with Gasteiger partial charge in [0.1, 0.15) is 5.69 Å². The predicted molar refractivity (Wildman–Crippen MR) is 75.6 cm³/mol. The van der Waals surface area contributed by atoms with Gasteiger partial charge in [0.2, 0.25) is 5.95 Å². The quantitative estimate of drug-likeness (QED) is 0.320. The van der Waals surface area contributed by atoms with Crippen molar-refractivity contribution >= 4 is 11.8 Å². The molecule has 19 heavy (non-hydrogen) atoms. The Labute approximate surface area is 113 Å². The molecule has 0 fully saturated rings. The zero-order chi connectivity index (χ0) is 14.3. The standard InChI is InChI=1S/C12H22N6O/c1-4-18(9-5-8-17(2)3)12-14-7-6-10(15-12)11(13)16-19/h6-7,19H,4-5,8-9H2,1-3H3,(H2,13,16). The van der Waals surface area contributed by atoms with E-state index in [1.165, 1.54) is 0 Å². The summed E-state index contributed by atoms with van der Waals surface area (Å²) >= 11 is 0. The van der Waals surface area contributed by atoms with Crippen LogP contribution >= 0.6 is 0 Å². The van der Waals surface area contributed by atoms with Crippen molar-refractivity contribution in [1.82, 2.24) is 14.9 Å². The highest BCUT2D eigenvalue weighted by atomic mass is 16.4. The summed E-state index contributed by atoms with van der Waals surface area (Å²) in [5, 5.41) is 11.6. The summed E-state index contributed by atoms with van der Waals surface area (Å²) in [6.45, 7) is 4.74. The third kappa shape index (κ3) is 4.70. The van der Waals surface area contributed by atoms with E-state index in [0.717, 1.165) is 26.1 Å². The first-order valence-electron chi connectivity index (χ1n) is 6.29. The first kappa shape index (κ1) is 15.2. The van der Waals surface area contributed by atoms with Crippen LogP contribution in [-0.4, -0.2) is 59.6 Å². The summed E-state index contributed by atoms with van der Waals surface area (Å²) in [6, 6.07) is 1.62. The van der Waals surface area contributed by atoms with Crippen LogP contribution in [0.3, 0.4) is 0 Å². The first-order valence-corrected chi connectivity index (χ1v) is 6.29. The van der Waals surface area contributed by atoms with Gasteiger partial charge in [-0.2, -0.15) is 0 Å². The molecule has 3 N–H and O–H groups in total. The SMILES string of the molecule is CCN(CCCN(C)C)c1nccc(/C(N)=N/O)n1. The highest BCUT2D eigenvalue weighted by Gasteiger charge is 2.10. The molecule has 1 rings (SSSR count). The Bertz CT molecular complexity index is 420. The Kier molecular flexibility index (Phi) is 6.01. The van der Waals surface area contributed by atoms with Crippen molar-refractivity contribution in [2.45, 2.75) is 13.3 Å². The van der Waals surface area contributed by atoms with Crippen LogP contribution < -0.4 is 10.6 Å². The molecule has 0 aliphatic rings. The van der Waals surface area contributed by atoms with E-state index in [1.54, 1.807) is 12.3 Å². The van der Waals surface area contributed by atoms with Crippen LogP contribution in [0.1, 0.15) is 19.0 Å². The summed E-state index contributed by atoms with van der Waals surface area (Å²) < 4.78 is 0. The molecule has 0 radical (unpaired) electrons. The lowest BCUT2D eigenvalue weighted by Crippen LogP contribution is -2.29. The Morgan fingerprint density at radius 2 is 2.16 bits per heavy atom. The summed E-state index contributed by atoms with van der Waals surface area (Å²) in [6.07, 6.45) is 2.64. The second-order valence-electron chi connectivity index (χ2n) is 4.46. The molecule has 0 amide bonds. The normalized spacial score (nSPS) is 11.9. The van der Waals surface area contributed by atoms with Gasteiger partial charge in [0.25, 0.3) is 0 Å². The van der Waals surface area contributed by atoms with E-state index < -0.39 is 0 Å². The summed E-state index contributed by atoms with van der Waals surface area (Å²) in [4.78, 5) is 12.7. The maximum Gasteiger partial charge on any atom is 0.225 e. The number of nitrogens with two attached hydrogens (primary N) is 1. The van der Waals surface area contributed by atoms with Gasteiger partial charge in [0.15, 0.2) is 5.84 Å². The molecule has 0 aliphatic heterocycles. The smallest absolute Gasteiger partial charge is 0.225 e. The van der Waals surface area contributed by atoms with Gasteiger partial charge in [-0.1, -0.05) is 5.16 Å². The third-order valence-corrected chi connectivity index (χ3v) is 2.71. The summed E-state index contributed by atoms with van der Waals surface area (Å²) in [7, 11) is 4.09. The molecule has 0 saturated carbocycles. The maximum atomic E-state index is 8.66. The molecule has 0 aliphatic carbocycles. The van der Waals surface area contributed by atoms with Crippen molar-refractivity contribution in [1.29, 1.82) is 0 Å². The van der Waals surface area contributed by atoms with Gasteiger partial charge in [-0.3, -0.25) is 0 Å². The molecule has 1 heterocycles. The van der Waals surface area contributed by atoms with Gasteiger partial charge < -0.3 is 20.7 Å². The van der Waals surface area contributed by atoms with E-state index in [1.807, 2.05) is 14.1 Å². The Balaban J connectivity index is 2.75. The zero-order valence-electron chi connectivity index (χ0n) is 11.7. The lowest BCUT2D eigenvalue weighted by atomic mass is 10.3. The second-order valence-corrected chi connectivity index (χ2v) is 4.46. The van der Waals surface area contributed by atoms with Crippen LogP contribution in [0, 0.1) is 0 Å². The van der Waals surface area contributed by atoms with Gasteiger partial charge in [-0.25, -0.2) is 9.97 Å². The van der Waals surface area contributed by atoms with Gasteiger partial charge in [-0.05, 0) is 40.1 Å². The minimum atomic E-state index is -0.00649. The van der Waals surface area contributed by atoms with E-state index in [4.69, 9.17) is 10.9 Å². The highest BCUT2D eigenvalue weighted by molar-refractivity contribution is 5.95. The van der Waals surface area contributed by atoms with Crippen molar-refractivity contribution in [3.05, 3.63) is 18.0 Å². The molecule has 7 nitrogen and oxygen atoms in total. The van der Waals surface area contributed by atoms with E-state index in [2.05, 4.69) is 31.8 Å². The average molecular weight is 266 g/mol. The minimum Gasteiger partial charge on any atom is -0.409 e.